The normalized spacial score (nSPS) is 25.3. The minimum absolute atomic E-state index is 0.728. The van der Waals surface area contributed by atoms with Crippen LogP contribution in [0.2, 0.25) is 0 Å². The van der Waals surface area contributed by atoms with E-state index in [0.717, 1.165) is 12.0 Å². The lowest BCUT2D eigenvalue weighted by molar-refractivity contribution is 0.270. The molecule has 0 amide bonds. The Morgan fingerprint density at radius 1 is 1.31 bits per heavy atom. The Bertz CT molecular complexity index is 166. The Morgan fingerprint density at radius 3 is 2.81 bits per heavy atom. The van der Waals surface area contributed by atoms with E-state index < -0.39 is 0 Å². The Labute approximate surface area is 102 Å². The average molecular weight is 226 g/mol. The highest BCUT2D eigenvalue weighted by Crippen LogP contribution is 2.16. The number of nitrogens with one attached hydrogen (secondary N) is 1. The van der Waals surface area contributed by atoms with E-state index in [9.17, 15) is 0 Å². The van der Waals surface area contributed by atoms with E-state index in [1.807, 2.05) is 0 Å². The monoisotopic (exact) mass is 226 g/mol. The lowest BCUT2D eigenvalue weighted by atomic mass is 10.0. The molecule has 2 heteroatoms. The fourth-order valence-corrected chi connectivity index (χ4v) is 2.66. The summed E-state index contributed by atoms with van der Waals surface area (Å²) in [5, 5.41) is 3.39. The minimum atomic E-state index is 0.728. The summed E-state index contributed by atoms with van der Waals surface area (Å²) in [7, 11) is 2.09. The van der Waals surface area contributed by atoms with Crippen molar-refractivity contribution in [1.29, 1.82) is 0 Å². The van der Waals surface area contributed by atoms with E-state index in [1.165, 1.54) is 58.2 Å². The van der Waals surface area contributed by atoms with Crippen molar-refractivity contribution in [2.45, 2.75) is 58.4 Å². The summed E-state index contributed by atoms with van der Waals surface area (Å²) in [6.07, 6.45) is 8.19. The molecule has 1 rings (SSSR count). The average Bonchev–Trinajstić information content (AvgIpc) is 2.50. The van der Waals surface area contributed by atoms with Crippen LogP contribution in [-0.4, -0.2) is 37.6 Å². The summed E-state index contributed by atoms with van der Waals surface area (Å²) < 4.78 is 0. The Hall–Kier alpha value is -0.0800. The highest BCUT2D eigenvalue weighted by atomic mass is 15.1. The lowest BCUT2D eigenvalue weighted by Gasteiger charge is -2.21. The highest BCUT2D eigenvalue weighted by molar-refractivity contribution is 4.69. The van der Waals surface area contributed by atoms with E-state index in [0.29, 0.717) is 0 Å². The molecular weight excluding hydrogens is 196 g/mol. The zero-order chi connectivity index (χ0) is 11.8. The second kappa shape index (κ2) is 8.08. The van der Waals surface area contributed by atoms with Gasteiger partial charge in [-0.3, -0.25) is 0 Å². The van der Waals surface area contributed by atoms with Gasteiger partial charge < -0.3 is 10.2 Å². The molecule has 0 aliphatic carbocycles. The first-order valence-electron chi connectivity index (χ1n) is 7.15. The zero-order valence-corrected chi connectivity index (χ0v) is 11.5. The maximum absolute atomic E-state index is 3.39. The molecule has 2 atom stereocenters. The van der Waals surface area contributed by atoms with Crippen LogP contribution in [0.3, 0.4) is 0 Å². The van der Waals surface area contributed by atoms with Gasteiger partial charge in [-0.1, -0.05) is 13.8 Å². The van der Waals surface area contributed by atoms with Gasteiger partial charge in [0.05, 0.1) is 0 Å². The van der Waals surface area contributed by atoms with Crippen LogP contribution in [0.4, 0.5) is 0 Å². The predicted octanol–water partition coefficient (Wildman–Crippen LogP) is 2.89. The molecule has 2 nitrogen and oxygen atoms in total. The van der Waals surface area contributed by atoms with Crippen LogP contribution < -0.4 is 5.32 Å². The van der Waals surface area contributed by atoms with Crippen molar-refractivity contribution in [3.05, 3.63) is 0 Å². The molecule has 0 aromatic heterocycles. The number of rotatable bonds is 6. The molecule has 0 radical (unpaired) electrons. The van der Waals surface area contributed by atoms with Crippen LogP contribution in [0.15, 0.2) is 0 Å². The standard InChI is InChI=1S/C14H30N2/c1-4-14(15-3)8-6-11-16-10-5-7-13(2)9-12-16/h13-15H,4-12H2,1-3H3. The molecule has 1 N–H and O–H groups in total. The van der Waals surface area contributed by atoms with E-state index >= 15 is 0 Å². The minimum Gasteiger partial charge on any atom is -0.317 e. The molecule has 0 spiro atoms. The smallest absolute Gasteiger partial charge is 0.00619 e. The third-order valence-electron chi connectivity index (χ3n) is 4.04. The van der Waals surface area contributed by atoms with Crippen molar-refractivity contribution >= 4 is 0 Å². The highest BCUT2D eigenvalue weighted by Gasteiger charge is 2.13. The van der Waals surface area contributed by atoms with Crippen LogP contribution in [0.5, 0.6) is 0 Å². The molecule has 0 saturated carbocycles. The second-order valence-corrected chi connectivity index (χ2v) is 5.41. The summed E-state index contributed by atoms with van der Waals surface area (Å²) in [4.78, 5) is 2.67. The molecular formula is C14H30N2. The van der Waals surface area contributed by atoms with Gasteiger partial charge in [-0.25, -0.2) is 0 Å². The summed E-state index contributed by atoms with van der Waals surface area (Å²) in [5.74, 6) is 0.950. The molecule has 0 bridgehead atoms. The molecule has 0 aromatic rings. The zero-order valence-electron chi connectivity index (χ0n) is 11.5. The summed E-state index contributed by atoms with van der Waals surface area (Å²) in [6, 6.07) is 0.728. The van der Waals surface area contributed by atoms with Gasteiger partial charge in [0.2, 0.25) is 0 Å². The molecule has 96 valence electrons. The molecule has 1 saturated heterocycles. The van der Waals surface area contributed by atoms with E-state index in [4.69, 9.17) is 0 Å². The van der Waals surface area contributed by atoms with Gasteiger partial charge in [0.15, 0.2) is 0 Å². The van der Waals surface area contributed by atoms with Crippen LogP contribution in [0.25, 0.3) is 0 Å². The molecule has 0 aromatic carbocycles. The number of nitrogens with zero attached hydrogens (tertiary/aromatic N) is 1. The van der Waals surface area contributed by atoms with Gasteiger partial charge in [0, 0.05) is 6.04 Å². The maximum Gasteiger partial charge on any atom is 0.00619 e. The molecule has 16 heavy (non-hydrogen) atoms. The van der Waals surface area contributed by atoms with Gasteiger partial charge in [-0.2, -0.15) is 0 Å². The Morgan fingerprint density at radius 2 is 2.12 bits per heavy atom. The molecule has 1 aliphatic rings. The molecule has 1 fully saturated rings. The van der Waals surface area contributed by atoms with Crippen LogP contribution in [0.1, 0.15) is 52.4 Å². The first-order valence-corrected chi connectivity index (χ1v) is 7.15. The number of hydrogen-bond acceptors (Lipinski definition) is 2. The third kappa shape index (κ3) is 5.31. The van der Waals surface area contributed by atoms with Crippen molar-refractivity contribution < 1.29 is 0 Å². The van der Waals surface area contributed by atoms with Gasteiger partial charge in [-0.15, -0.1) is 0 Å². The number of likely N-dealkylation sites (tertiary alicyclic amines) is 1. The van der Waals surface area contributed by atoms with Crippen molar-refractivity contribution in [2.24, 2.45) is 5.92 Å². The third-order valence-corrected chi connectivity index (χ3v) is 4.04. The summed E-state index contributed by atoms with van der Waals surface area (Å²) >= 11 is 0. The van der Waals surface area contributed by atoms with Crippen molar-refractivity contribution in [2.75, 3.05) is 26.7 Å². The SMILES string of the molecule is CCC(CCCN1CCCC(C)CC1)NC. The van der Waals surface area contributed by atoms with Gasteiger partial charge >= 0.3 is 0 Å². The predicted molar refractivity (Wildman–Crippen MR) is 71.8 cm³/mol. The number of hydrogen-bond donors (Lipinski definition) is 1. The fourth-order valence-electron chi connectivity index (χ4n) is 2.66. The van der Waals surface area contributed by atoms with E-state index in [2.05, 4.69) is 31.1 Å². The van der Waals surface area contributed by atoms with Crippen molar-refractivity contribution in [3.63, 3.8) is 0 Å². The molecule has 2 unspecified atom stereocenters. The first-order chi connectivity index (χ1) is 7.76. The first kappa shape index (κ1) is 14.0. The Balaban J connectivity index is 2.12. The summed E-state index contributed by atoms with van der Waals surface area (Å²) in [5.41, 5.74) is 0. The van der Waals surface area contributed by atoms with Crippen LogP contribution in [0, 0.1) is 5.92 Å². The maximum atomic E-state index is 3.39. The van der Waals surface area contributed by atoms with E-state index in [-0.39, 0.29) is 0 Å². The topological polar surface area (TPSA) is 15.3 Å². The lowest BCUT2D eigenvalue weighted by Crippen LogP contribution is -2.29. The van der Waals surface area contributed by atoms with Crippen LogP contribution >= 0.6 is 0 Å². The van der Waals surface area contributed by atoms with Gasteiger partial charge in [-0.05, 0) is 71.1 Å². The molecule has 1 heterocycles. The fraction of sp³-hybridized carbons (Fsp3) is 1.00. The van der Waals surface area contributed by atoms with Gasteiger partial charge in [0.1, 0.15) is 0 Å². The second-order valence-electron chi connectivity index (χ2n) is 5.41. The molecule has 1 aliphatic heterocycles. The quantitative estimate of drug-likeness (QED) is 0.749. The van der Waals surface area contributed by atoms with E-state index in [1.54, 1.807) is 0 Å². The van der Waals surface area contributed by atoms with Crippen molar-refractivity contribution in [1.82, 2.24) is 10.2 Å². The Kier molecular flexibility index (Phi) is 7.06. The van der Waals surface area contributed by atoms with Crippen molar-refractivity contribution in [3.8, 4) is 0 Å². The van der Waals surface area contributed by atoms with Crippen LogP contribution in [-0.2, 0) is 0 Å². The van der Waals surface area contributed by atoms with Gasteiger partial charge in [0.25, 0.3) is 0 Å². The summed E-state index contributed by atoms with van der Waals surface area (Å²) in [6.45, 7) is 8.65. The largest absolute Gasteiger partial charge is 0.317 e.